The van der Waals surface area contributed by atoms with Crippen molar-refractivity contribution in [2.45, 2.75) is 45.4 Å². The van der Waals surface area contributed by atoms with Gasteiger partial charge in [-0.15, -0.1) is 0 Å². The summed E-state index contributed by atoms with van der Waals surface area (Å²) in [6.07, 6.45) is 10.9. The summed E-state index contributed by atoms with van der Waals surface area (Å²) in [6.45, 7) is 5.02. The number of hydrogen-bond donors (Lipinski definition) is 0. The Morgan fingerprint density at radius 1 is 1.15 bits per heavy atom. The summed E-state index contributed by atoms with van der Waals surface area (Å²) < 4.78 is 0. The van der Waals surface area contributed by atoms with E-state index in [1.165, 1.54) is 51.6 Å². The maximum Gasteiger partial charge on any atom is 0.0175 e. The van der Waals surface area contributed by atoms with Gasteiger partial charge in [-0.05, 0) is 44.4 Å². The summed E-state index contributed by atoms with van der Waals surface area (Å²) in [5, 5.41) is 0. The monoisotopic (exact) mass is 179 g/mol. The highest BCUT2D eigenvalue weighted by molar-refractivity contribution is 5.08. The third kappa shape index (κ3) is 2.07. The second kappa shape index (κ2) is 4.17. The van der Waals surface area contributed by atoms with E-state index in [9.17, 15) is 0 Å². The SMILES string of the molecule is CC1CCCC=C1N1CCCCC1. The van der Waals surface area contributed by atoms with Crippen LogP contribution in [0.25, 0.3) is 0 Å². The van der Waals surface area contributed by atoms with E-state index in [1.807, 2.05) is 0 Å². The minimum atomic E-state index is 0.826. The molecule has 0 aromatic carbocycles. The van der Waals surface area contributed by atoms with Gasteiger partial charge in [-0.2, -0.15) is 0 Å². The molecule has 74 valence electrons. The Labute approximate surface area is 81.8 Å². The van der Waals surface area contributed by atoms with Crippen LogP contribution in [0.5, 0.6) is 0 Å². The van der Waals surface area contributed by atoms with Crippen LogP contribution < -0.4 is 0 Å². The van der Waals surface area contributed by atoms with E-state index in [2.05, 4.69) is 17.9 Å². The second-order valence-electron chi connectivity index (χ2n) is 4.51. The van der Waals surface area contributed by atoms with Crippen molar-refractivity contribution in [3.05, 3.63) is 11.8 Å². The third-order valence-corrected chi connectivity index (χ3v) is 3.42. The molecule has 0 aromatic rings. The fraction of sp³-hybridized carbons (Fsp3) is 0.833. The molecule has 1 aliphatic heterocycles. The Hall–Kier alpha value is -0.460. The average molecular weight is 179 g/mol. The van der Waals surface area contributed by atoms with Crippen molar-refractivity contribution in [3.8, 4) is 0 Å². The molecule has 2 rings (SSSR count). The fourth-order valence-electron chi connectivity index (χ4n) is 2.62. The molecule has 0 aromatic heterocycles. The molecular formula is C12H21N. The molecular weight excluding hydrogens is 158 g/mol. The average Bonchev–Trinajstić information content (AvgIpc) is 2.20. The number of hydrogen-bond acceptors (Lipinski definition) is 1. The largest absolute Gasteiger partial charge is 0.375 e. The molecule has 1 saturated heterocycles. The van der Waals surface area contributed by atoms with Gasteiger partial charge in [-0.1, -0.05) is 13.0 Å². The first-order chi connectivity index (χ1) is 6.38. The summed E-state index contributed by atoms with van der Waals surface area (Å²) in [5.74, 6) is 0.826. The van der Waals surface area contributed by atoms with Gasteiger partial charge in [0.05, 0.1) is 0 Å². The lowest BCUT2D eigenvalue weighted by molar-refractivity contribution is 0.248. The Morgan fingerprint density at radius 2 is 1.92 bits per heavy atom. The maximum atomic E-state index is 2.63. The van der Waals surface area contributed by atoms with Crippen LogP contribution in [0.2, 0.25) is 0 Å². The molecule has 0 amide bonds. The first kappa shape index (κ1) is 9.11. The van der Waals surface area contributed by atoms with E-state index >= 15 is 0 Å². The van der Waals surface area contributed by atoms with Crippen LogP contribution in [0.3, 0.4) is 0 Å². The first-order valence-electron chi connectivity index (χ1n) is 5.83. The highest BCUT2D eigenvalue weighted by atomic mass is 15.1. The quantitative estimate of drug-likeness (QED) is 0.597. The molecule has 2 aliphatic rings. The van der Waals surface area contributed by atoms with Crippen LogP contribution in [0.4, 0.5) is 0 Å². The van der Waals surface area contributed by atoms with Gasteiger partial charge in [0.1, 0.15) is 0 Å². The lowest BCUT2D eigenvalue weighted by atomic mass is 9.92. The molecule has 1 nitrogen and oxygen atoms in total. The zero-order valence-corrected chi connectivity index (χ0v) is 8.76. The van der Waals surface area contributed by atoms with Crippen molar-refractivity contribution in [1.82, 2.24) is 4.90 Å². The first-order valence-corrected chi connectivity index (χ1v) is 5.83. The fourth-order valence-corrected chi connectivity index (χ4v) is 2.62. The molecule has 0 N–H and O–H groups in total. The molecule has 0 radical (unpaired) electrons. The third-order valence-electron chi connectivity index (χ3n) is 3.42. The molecule has 1 fully saturated rings. The predicted octanol–water partition coefficient (Wildman–Crippen LogP) is 3.18. The van der Waals surface area contributed by atoms with Crippen molar-refractivity contribution in [1.29, 1.82) is 0 Å². The lowest BCUT2D eigenvalue weighted by Crippen LogP contribution is -2.32. The topological polar surface area (TPSA) is 3.24 Å². The van der Waals surface area contributed by atoms with Gasteiger partial charge in [-0.3, -0.25) is 0 Å². The number of allylic oxidation sites excluding steroid dienone is 2. The van der Waals surface area contributed by atoms with Gasteiger partial charge in [0.25, 0.3) is 0 Å². The Kier molecular flexibility index (Phi) is 2.92. The summed E-state index contributed by atoms with van der Waals surface area (Å²) in [4.78, 5) is 2.63. The molecule has 1 heteroatoms. The molecule has 1 atom stereocenters. The van der Waals surface area contributed by atoms with Crippen molar-refractivity contribution < 1.29 is 0 Å². The highest BCUT2D eigenvalue weighted by Gasteiger charge is 2.19. The van der Waals surface area contributed by atoms with Crippen LogP contribution in [0.15, 0.2) is 11.8 Å². The number of piperidine rings is 1. The van der Waals surface area contributed by atoms with Crippen LogP contribution in [0, 0.1) is 5.92 Å². The van der Waals surface area contributed by atoms with Gasteiger partial charge in [-0.25, -0.2) is 0 Å². The molecule has 0 saturated carbocycles. The van der Waals surface area contributed by atoms with Gasteiger partial charge < -0.3 is 4.90 Å². The zero-order chi connectivity index (χ0) is 9.10. The number of nitrogens with zero attached hydrogens (tertiary/aromatic N) is 1. The molecule has 1 heterocycles. The molecule has 1 unspecified atom stereocenters. The summed E-state index contributed by atoms with van der Waals surface area (Å²) in [5.41, 5.74) is 1.66. The van der Waals surface area contributed by atoms with E-state index in [-0.39, 0.29) is 0 Å². The van der Waals surface area contributed by atoms with Crippen LogP contribution in [-0.4, -0.2) is 18.0 Å². The normalized spacial score (nSPS) is 30.1. The van der Waals surface area contributed by atoms with Crippen LogP contribution in [0.1, 0.15) is 45.4 Å². The second-order valence-corrected chi connectivity index (χ2v) is 4.51. The Bertz CT molecular complexity index is 189. The van der Waals surface area contributed by atoms with Gasteiger partial charge in [0.15, 0.2) is 0 Å². The van der Waals surface area contributed by atoms with E-state index in [4.69, 9.17) is 0 Å². The zero-order valence-electron chi connectivity index (χ0n) is 8.76. The lowest BCUT2D eigenvalue weighted by Gasteiger charge is -2.36. The number of rotatable bonds is 1. The van der Waals surface area contributed by atoms with E-state index in [0.29, 0.717) is 0 Å². The number of likely N-dealkylation sites (tertiary alicyclic amines) is 1. The molecule has 1 aliphatic carbocycles. The van der Waals surface area contributed by atoms with Crippen molar-refractivity contribution >= 4 is 0 Å². The van der Waals surface area contributed by atoms with E-state index < -0.39 is 0 Å². The van der Waals surface area contributed by atoms with E-state index in [0.717, 1.165) is 5.92 Å². The minimum absolute atomic E-state index is 0.826. The van der Waals surface area contributed by atoms with Crippen molar-refractivity contribution in [2.75, 3.05) is 13.1 Å². The minimum Gasteiger partial charge on any atom is -0.375 e. The smallest absolute Gasteiger partial charge is 0.0175 e. The van der Waals surface area contributed by atoms with Gasteiger partial charge in [0.2, 0.25) is 0 Å². The Morgan fingerprint density at radius 3 is 2.62 bits per heavy atom. The van der Waals surface area contributed by atoms with Gasteiger partial charge in [0, 0.05) is 18.8 Å². The molecule has 0 bridgehead atoms. The van der Waals surface area contributed by atoms with Gasteiger partial charge >= 0.3 is 0 Å². The summed E-state index contributed by atoms with van der Waals surface area (Å²) in [7, 11) is 0. The maximum absolute atomic E-state index is 2.63. The van der Waals surface area contributed by atoms with Crippen LogP contribution >= 0.6 is 0 Å². The van der Waals surface area contributed by atoms with Crippen molar-refractivity contribution in [2.24, 2.45) is 5.92 Å². The predicted molar refractivity (Wildman–Crippen MR) is 56.5 cm³/mol. The van der Waals surface area contributed by atoms with Crippen LogP contribution in [-0.2, 0) is 0 Å². The highest BCUT2D eigenvalue weighted by Crippen LogP contribution is 2.28. The summed E-state index contributed by atoms with van der Waals surface area (Å²) >= 11 is 0. The standard InChI is InChI=1S/C12H21N/c1-11-7-3-4-8-12(11)13-9-5-2-6-10-13/h8,11H,2-7,9-10H2,1H3. The summed E-state index contributed by atoms with van der Waals surface area (Å²) in [6, 6.07) is 0. The molecule has 0 spiro atoms. The van der Waals surface area contributed by atoms with E-state index in [1.54, 1.807) is 5.70 Å². The molecule has 13 heavy (non-hydrogen) atoms. The van der Waals surface area contributed by atoms with Crippen molar-refractivity contribution in [3.63, 3.8) is 0 Å². The Balaban J connectivity index is 2.00.